The zero-order chi connectivity index (χ0) is 31.6. The molecule has 0 saturated carbocycles. The van der Waals surface area contributed by atoms with E-state index in [1.807, 2.05) is 18.2 Å². The molecule has 0 amide bonds. The van der Waals surface area contributed by atoms with Crippen molar-refractivity contribution in [2.75, 3.05) is 0 Å². The van der Waals surface area contributed by atoms with Gasteiger partial charge in [-0.3, -0.25) is 4.57 Å². The third kappa shape index (κ3) is 3.98. The maximum atomic E-state index is 6.33. The van der Waals surface area contributed by atoms with Crippen LogP contribution in [-0.2, 0) is 0 Å². The summed E-state index contributed by atoms with van der Waals surface area (Å²) in [5, 5.41) is 7.18. The summed E-state index contributed by atoms with van der Waals surface area (Å²) in [7, 11) is 0. The summed E-state index contributed by atoms with van der Waals surface area (Å²) in [5.41, 5.74) is 10.9. The third-order valence-electron chi connectivity index (χ3n) is 9.61. The van der Waals surface area contributed by atoms with Crippen molar-refractivity contribution >= 4 is 54.5 Å². The van der Waals surface area contributed by atoms with Crippen molar-refractivity contribution in [3.8, 4) is 39.3 Å². The molecule has 0 spiro atoms. The maximum absolute atomic E-state index is 6.33. The minimum Gasteiger partial charge on any atom is -0.456 e. The van der Waals surface area contributed by atoms with Crippen molar-refractivity contribution in [2.45, 2.75) is 0 Å². The second-order valence-electron chi connectivity index (χ2n) is 12.3. The van der Waals surface area contributed by atoms with Gasteiger partial charge in [0.15, 0.2) is 0 Å². The Morgan fingerprint density at radius 3 is 1.73 bits per heavy atom. The average molecular weight is 613 g/mol. The standard InChI is InChI=1S/C45H28N2O/c1-2-13-30(14-3-1)45-46-38-21-9-10-22-39(38)47(45)31-27-25-29(26-28-31)42-32-15-4-6-17-34(32)43(35-18-7-5-16-33(35)42)37-20-12-24-41-44(37)36-19-8-11-23-40(36)48-41/h1-28H. The number of hydrogen-bond acceptors (Lipinski definition) is 2. The first-order valence-electron chi connectivity index (χ1n) is 16.3. The smallest absolute Gasteiger partial charge is 0.145 e. The number of rotatable bonds is 4. The molecule has 0 aliphatic carbocycles. The van der Waals surface area contributed by atoms with E-state index in [9.17, 15) is 0 Å². The monoisotopic (exact) mass is 612 g/mol. The fourth-order valence-corrected chi connectivity index (χ4v) is 7.56. The number of imidazole rings is 1. The molecule has 0 atom stereocenters. The molecule has 2 heterocycles. The summed E-state index contributed by atoms with van der Waals surface area (Å²) in [4.78, 5) is 5.05. The highest BCUT2D eigenvalue weighted by molar-refractivity contribution is 6.25. The van der Waals surface area contributed by atoms with Gasteiger partial charge in [-0.25, -0.2) is 4.98 Å². The topological polar surface area (TPSA) is 31.0 Å². The van der Waals surface area contributed by atoms with Gasteiger partial charge in [-0.1, -0.05) is 133 Å². The van der Waals surface area contributed by atoms with Crippen molar-refractivity contribution in [3.63, 3.8) is 0 Å². The van der Waals surface area contributed by atoms with Crippen LogP contribution >= 0.6 is 0 Å². The van der Waals surface area contributed by atoms with E-state index in [1.165, 1.54) is 43.8 Å². The largest absolute Gasteiger partial charge is 0.456 e. The molecule has 0 fully saturated rings. The molecule has 8 aromatic carbocycles. The number of benzene rings is 8. The van der Waals surface area contributed by atoms with Crippen molar-refractivity contribution in [2.24, 2.45) is 0 Å². The van der Waals surface area contributed by atoms with Crippen molar-refractivity contribution < 1.29 is 4.42 Å². The van der Waals surface area contributed by atoms with Crippen LogP contribution in [0.1, 0.15) is 0 Å². The second-order valence-corrected chi connectivity index (χ2v) is 12.3. The number of fused-ring (bicyclic) bond motifs is 6. The van der Waals surface area contributed by atoms with Gasteiger partial charge in [0.05, 0.1) is 11.0 Å². The quantitative estimate of drug-likeness (QED) is 0.185. The Balaban J connectivity index is 1.21. The molecule has 0 saturated heterocycles. The van der Waals surface area contributed by atoms with Crippen LogP contribution in [0.5, 0.6) is 0 Å². The van der Waals surface area contributed by atoms with E-state index in [0.717, 1.165) is 50.0 Å². The van der Waals surface area contributed by atoms with E-state index in [-0.39, 0.29) is 0 Å². The Labute approximate surface area is 277 Å². The predicted octanol–water partition coefficient (Wildman–Crippen LogP) is 12.2. The highest BCUT2D eigenvalue weighted by Crippen LogP contribution is 2.47. The van der Waals surface area contributed by atoms with Gasteiger partial charge in [0.1, 0.15) is 17.0 Å². The van der Waals surface area contributed by atoms with Gasteiger partial charge in [0, 0.05) is 22.0 Å². The SMILES string of the molecule is c1ccc(-c2nc3ccccc3n2-c2ccc(-c3c4ccccc4c(-c4cccc5oc6ccccc6c45)c4ccccc34)cc2)cc1. The van der Waals surface area contributed by atoms with Crippen molar-refractivity contribution in [3.05, 3.63) is 170 Å². The van der Waals surface area contributed by atoms with E-state index >= 15 is 0 Å². The Bertz CT molecular complexity index is 2770. The highest BCUT2D eigenvalue weighted by Gasteiger charge is 2.20. The first kappa shape index (κ1) is 26.7. The van der Waals surface area contributed by atoms with Gasteiger partial charge in [-0.15, -0.1) is 0 Å². The molecule has 224 valence electrons. The maximum Gasteiger partial charge on any atom is 0.145 e. The Morgan fingerprint density at radius 2 is 1.00 bits per heavy atom. The predicted molar refractivity (Wildman–Crippen MR) is 200 cm³/mol. The lowest BCUT2D eigenvalue weighted by atomic mass is 9.85. The zero-order valence-corrected chi connectivity index (χ0v) is 26.0. The highest BCUT2D eigenvalue weighted by atomic mass is 16.3. The summed E-state index contributed by atoms with van der Waals surface area (Å²) < 4.78 is 8.60. The van der Waals surface area contributed by atoms with Gasteiger partial charge in [-0.2, -0.15) is 0 Å². The summed E-state index contributed by atoms with van der Waals surface area (Å²) >= 11 is 0. The van der Waals surface area contributed by atoms with Gasteiger partial charge < -0.3 is 4.42 Å². The molecule has 2 aromatic heterocycles. The molecule has 0 aliphatic rings. The molecule has 10 rings (SSSR count). The van der Waals surface area contributed by atoms with Crippen LogP contribution in [0.3, 0.4) is 0 Å². The molecule has 0 unspecified atom stereocenters. The van der Waals surface area contributed by atoms with E-state index in [0.29, 0.717) is 0 Å². The lowest BCUT2D eigenvalue weighted by molar-refractivity contribution is 0.669. The first-order valence-corrected chi connectivity index (χ1v) is 16.3. The van der Waals surface area contributed by atoms with Gasteiger partial charge in [-0.05, 0) is 80.2 Å². The van der Waals surface area contributed by atoms with Crippen LogP contribution in [0.25, 0.3) is 93.8 Å². The summed E-state index contributed by atoms with van der Waals surface area (Å²) in [6.07, 6.45) is 0. The van der Waals surface area contributed by atoms with Crippen LogP contribution in [0.4, 0.5) is 0 Å². The van der Waals surface area contributed by atoms with Gasteiger partial charge in [0.25, 0.3) is 0 Å². The molecule has 3 heteroatoms. The molecule has 3 nitrogen and oxygen atoms in total. The minimum absolute atomic E-state index is 0.906. The molecule has 0 bridgehead atoms. The molecule has 0 N–H and O–H groups in total. The number of para-hydroxylation sites is 3. The normalized spacial score (nSPS) is 11.8. The number of hydrogen-bond donors (Lipinski definition) is 0. The van der Waals surface area contributed by atoms with Crippen LogP contribution in [0.15, 0.2) is 174 Å². The van der Waals surface area contributed by atoms with Crippen LogP contribution in [0, 0.1) is 0 Å². The lowest BCUT2D eigenvalue weighted by Crippen LogP contribution is -1.98. The van der Waals surface area contributed by atoms with E-state index < -0.39 is 0 Å². The van der Waals surface area contributed by atoms with Gasteiger partial charge >= 0.3 is 0 Å². The molecular weight excluding hydrogens is 585 g/mol. The molecule has 0 radical (unpaired) electrons. The summed E-state index contributed by atoms with van der Waals surface area (Å²) in [6, 6.07) is 60.2. The molecule has 0 aliphatic heterocycles. The zero-order valence-electron chi connectivity index (χ0n) is 26.0. The van der Waals surface area contributed by atoms with Crippen LogP contribution < -0.4 is 0 Å². The summed E-state index contributed by atoms with van der Waals surface area (Å²) in [6.45, 7) is 0. The third-order valence-corrected chi connectivity index (χ3v) is 9.61. The van der Waals surface area contributed by atoms with Crippen LogP contribution in [-0.4, -0.2) is 9.55 Å². The lowest BCUT2D eigenvalue weighted by Gasteiger charge is -2.18. The fourth-order valence-electron chi connectivity index (χ4n) is 7.56. The fraction of sp³-hybridized carbons (Fsp3) is 0. The Hall–Kier alpha value is -6.45. The molecule has 48 heavy (non-hydrogen) atoms. The second kappa shape index (κ2) is 10.5. The number of nitrogens with zero attached hydrogens (tertiary/aromatic N) is 2. The average Bonchev–Trinajstić information content (AvgIpc) is 3.74. The molecular formula is C45H28N2O. The minimum atomic E-state index is 0.906. The van der Waals surface area contributed by atoms with E-state index in [1.54, 1.807) is 0 Å². The van der Waals surface area contributed by atoms with Crippen LogP contribution in [0.2, 0.25) is 0 Å². The first-order chi connectivity index (χ1) is 23.8. The van der Waals surface area contributed by atoms with Crippen molar-refractivity contribution in [1.82, 2.24) is 9.55 Å². The van der Waals surface area contributed by atoms with E-state index in [4.69, 9.17) is 9.40 Å². The number of furan rings is 1. The number of aromatic nitrogens is 2. The Kier molecular flexibility index (Phi) is 5.87. The molecule has 10 aromatic rings. The van der Waals surface area contributed by atoms with Crippen molar-refractivity contribution in [1.29, 1.82) is 0 Å². The van der Waals surface area contributed by atoms with E-state index in [2.05, 4.69) is 156 Å². The van der Waals surface area contributed by atoms with Gasteiger partial charge in [0.2, 0.25) is 0 Å². The summed E-state index contributed by atoms with van der Waals surface area (Å²) in [5.74, 6) is 0.936. The Morgan fingerprint density at radius 1 is 0.417 bits per heavy atom.